The SMILES string of the molecule is COCCN(C)CCNc1ccc(C(=O)O)cn1. The van der Waals surface area contributed by atoms with Crippen LogP contribution < -0.4 is 5.32 Å². The van der Waals surface area contributed by atoms with Crippen molar-refractivity contribution in [2.45, 2.75) is 0 Å². The number of rotatable bonds is 8. The number of pyridine rings is 1. The minimum Gasteiger partial charge on any atom is -0.478 e. The lowest BCUT2D eigenvalue weighted by molar-refractivity contribution is 0.0696. The van der Waals surface area contributed by atoms with Crippen LogP contribution in [0.25, 0.3) is 0 Å². The van der Waals surface area contributed by atoms with Gasteiger partial charge in [-0.2, -0.15) is 0 Å². The van der Waals surface area contributed by atoms with Gasteiger partial charge in [-0.25, -0.2) is 9.78 Å². The molecular formula is C12H19N3O3. The lowest BCUT2D eigenvalue weighted by Gasteiger charge is -2.16. The van der Waals surface area contributed by atoms with Gasteiger partial charge in [0.2, 0.25) is 0 Å². The molecule has 0 aliphatic heterocycles. The van der Waals surface area contributed by atoms with Crippen LogP contribution in [0.2, 0.25) is 0 Å². The Morgan fingerprint density at radius 1 is 1.50 bits per heavy atom. The summed E-state index contributed by atoms with van der Waals surface area (Å²) in [7, 11) is 3.70. The fraction of sp³-hybridized carbons (Fsp3) is 0.500. The Morgan fingerprint density at radius 2 is 2.28 bits per heavy atom. The minimum atomic E-state index is -0.964. The highest BCUT2D eigenvalue weighted by Crippen LogP contribution is 2.04. The molecule has 0 amide bonds. The molecule has 0 spiro atoms. The molecule has 0 unspecified atom stereocenters. The summed E-state index contributed by atoms with van der Waals surface area (Å²) in [6, 6.07) is 3.20. The Kier molecular flexibility index (Phi) is 6.10. The number of carboxylic acids is 1. The van der Waals surface area contributed by atoms with E-state index in [2.05, 4.69) is 15.2 Å². The number of nitrogens with one attached hydrogen (secondary N) is 1. The summed E-state index contributed by atoms with van der Waals surface area (Å²) in [5, 5.41) is 11.9. The minimum absolute atomic E-state index is 0.192. The summed E-state index contributed by atoms with van der Waals surface area (Å²) in [6.45, 7) is 3.21. The van der Waals surface area contributed by atoms with Crippen molar-refractivity contribution < 1.29 is 14.6 Å². The summed E-state index contributed by atoms with van der Waals surface area (Å²) >= 11 is 0. The molecule has 0 aliphatic carbocycles. The second-order valence-corrected chi connectivity index (χ2v) is 3.96. The number of nitrogens with zero attached hydrogens (tertiary/aromatic N) is 2. The van der Waals surface area contributed by atoms with E-state index in [1.54, 1.807) is 13.2 Å². The van der Waals surface area contributed by atoms with Crippen LogP contribution in [0.15, 0.2) is 18.3 Å². The zero-order valence-electron chi connectivity index (χ0n) is 10.7. The molecule has 1 heterocycles. The Morgan fingerprint density at radius 3 is 2.83 bits per heavy atom. The molecule has 100 valence electrons. The number of aromatic nitrogens is 1. The van der Waals surface area contributed by atoms with Crippen molar-refractivity contribution >= 4 is 11.8 Å². The number of carbonyl (C=O) groups is 1. The van der Waals surface area contributed by atoms with Crippen molar-refractivity contribution in [3.8, 4) is 0 Å². The maximum atomic E-state index is 10.6. The number of likely N-dealkylation sites (N-methyl/N-ethyl adjacent to an activating group) is 1. The number of carboxylic acid groups (broad SMARTS) is 1. The van der Waals surface area contributed by atoms with E-state index in [4.69, 9.17) is 9.84 Å². The van der Waals surface area contributed by atoms with E-state index in [0.29, 0.717) is 12.4 Å². The predicted molar refractivity (Wildman–Crippen MR) is 69.1 cm³/mol. The maximum Gasteiger partial charge on any atom is 0.337 e. The van der Waals surface area contributed by atoms with Crippen LogP contribution in [-0.4, -0.2) is 61.4 Å². The van der Waals surface area contributed by atoms with Crippen LogP contribution >= 0.6 is 0 Å². The third-order valence-corrected chi connectivity index (χ3v) is 2.49. The standard InChI is InChI=1S/C12H19N3O3/c1-15(7-8-18-2)6-5-13-11-4-3-10(9-14-11)12(16)17/h3-4,9H,5-8H2,1-2H3,(H,13,14)(H,16,17). The molecule has 6 nitrogen and oxygen atoms in total. The third-order valence-electron chi connectivity index (χ3n) is 2.49. The van der Waals surface area contributed by atoms with Crippen LogP contribution in [0.1, 0.15) is 10.4 Å². The largest absolute Gasteiger partial charge is 0.478 e. The van der Waals surface area contributed by atoms with Crippen LogP contribution in [-0.2, 0) is 4.74 Å². The molecule has 1 rings (SSSR count). The molecule has 0 saturated heterocycles. The first-order valence-corrected chi connectivity index (χ1v) is 5.74. The summed E-state index contributed by atoms with van der Waals surface area (Å²) < 4.78 is 4.98. The Hall–Kier alpha value is -1.66. The van der Waals surface area contributed by atoms with E-state index in [9.17, 15) is 4.79 Å². The van der Waals surface area contributed by atoms with Crippen LogP contribution in [0.3, 0.4) is 0 Å². The van der Waals surface area contributed by atoms with Gasteiger partial charge < -0.3 is 20.1 Å². The zero-order chi connectivity index (χ0) is 13.4. The second kappa shape index (κ2) is 7.62. The molecule has 0 radical (unpaired) electrons. The van der Waals surface area contributed by atoms with Crippen LogP contribution in [0.5, 0.6) is 0 Å². The molecule has 0 bridgehead atoms. The zero-order valence-corrected chi connectivity index (χ0v) is 10.7. The number of methoxy groups -OCH3 is 1. The molecule has 0 aromatic carbocycles. The van der Waals surface area contributed by atoms with E-state index in [1.807, 2.05) is 7.05 Å². The van der Waals surface area contributed by atoms with E-state index >= 15 is 0 Å². The molecule has 6 heteroatoms. The molecule has 1 aromatic heterocycles. The Balaban J connectivity index is 2.29. The second-order valence-electron chi connectivity index (χ2n) is 3.96. The fourth-order valence-corrected chi connectivity index (χ4v) is 1.36. The lowest BCUT2D eigenvalue weighted by atomic mass is 10.3. The third kappa shape index (κ3) is 5.11. The molecule has 2 N–H and O–H groups in total. The van der Waals surface area contributed by atoms with E-state index in [-0.39, 0.29) is 5.56 Å². The predicted octanol–water partition coefficient (Wildman–Crippen LogP) is 0.770. The van der Waals surface area contributed by atoms with Gasteiger partial charge in [-0.05, 0) is 19.2 Å². The average molecular weight is 253 g/mol. The van der Waals surface area contributed by atoms with Gasteiger partial charge in [0.15, 0.2) is 0 Å². The molecule has 0 saturated carbocycles. The highest BCUT2D eigenvalue weighted by Gasteiger charge is 2.02. The van der Waals surface area contributed by atoms with Crippen LogP contribution in [0.4, 0.5) is 5.82 Å². The number of aromatic carboxylic acids is 1. The van der Waals surface area contributed by atoms with Gasteiger partial charge in [-0.15, -0.1) is 0 Å². The van der Waals surface area contributed by atoms with Crippen molar-refractivity contribution in [2.75, 3.05) is 45.7 Å². The lowest BCUT2D eigenvalue weighted by Crippen LogP contribution is -2.28. The number of anilines is 1. The molecule has 18 heavy (non-hydrogen) atoms. The van der Waals surface area contributed by atoms with E-state index in [0.717, 1.165) is 19.6 Å². The number of hydrogen-bond acceptors (Lipinski definition) is 5. The van der Waals surface area contributed by atoms with Gasteiger partial charge >= 0.3 is 5.97 Å². The van der Waals surface area contributed by atoms with Crippen molar-refractivity contribution in [3.63, 3.8) is 0 Å². The van der Waals surface area contributed by atoms with Crippen LogP contribution in [0, 0.1) is 0 Å². The van der Waals surface area contributed by atoms with Gasteiger partial charge in [-0.3, -0.25) is 0 Å². The molecular weight excluding hydrogens is 234 g/mol. The van der Waals surface area contributed by atoms with Crippen molar-refractivity contribution in [1.82, 2.24) is 9.88 Å². The summed E-state index contributed by atoms with van der Waals surface area (Å²) in [5.41, 5.74) is 0.192. The maximum absolute atomic E-state index is 10.6. The molecule has 0 aliphatic rings. The topological polar surface area (TPSA) is 74.7 Å². The molecule has 0 atom stereocenters. The first kappa shape index (κ1) is 14.4. The smallest absolute Gasteiger partial charge is 0.337 e. The summed E-state index contributed by atoms with van der Waals surface area (Å²) in [4.78, 5) is 16.8. The van der Waals surface area contributed by atoms with Crippen molar-refractivity contribution in [2.24, 2.45) is 0 Å². The Bertz CT molecular complexity index is 367. The van der Waals surface area contributed by atoms with Gasteiger partial charge in [-0.1, -0.05) is 0 Å². The monoisotopic (exact) mass is 253 g/mol. The highest BCUT2D eigenvalue weighted by atomic mass is 16.5. The van der Waals surface area contributed by atoms with Gasteiger partial charge in [0.1, 0.15) is 5.82 Å². The Labute approximate surface area is 107 Å². The van der Waals surface area contributed by atoms with Gasteiger partial charge in [0.25, 0.3) is 0 Å². The highest BCUT2D eigenvalue weighted by molar-refractivity contribution is 5.87. The fourth-order valence-electron chi connectivity index (χ4n) is 1.36. The molecule has 1 aromatic rings. The van der Waals surface area contributed by atoms with Crippen molar-refractivity contribution in [1.29, 1.82) is 0 Å². The first-order valence-electron chi connectivity index (χ1n) is 5.74. The summed E-state index contributed by atoms with van der Waals surface area (Å²) in [5.74, 6) is -0.284. The van der Waals surface area contributed by atoms with E-state index in [1.165, 1.54) is 12.3 Å². The summed E-state index contributed by atoms with van der Waals surface area (Å²) in [6.07, 6.45) is 1.35. The van der Waals surface area contributed by atoms with E-state index < -0.39 is 5.97 Å². The quantitative estimate of drug-likeness (QED) is 0.713. The molecule has 0 fully saturated rings. The number of hydrogen-bond donors (Lipinski definition) is 2. The average Bonchev–Trinajstić information content (AvgIpc) is 2.37. The first-order chi connectivity index (χ1) is 8.63. The van der Waals surface area contributed by atoms with Gasteiger partial charge in [0, 0.05) is 32.9 Å². The normalized spacial score (nSPS) is 10.6. The van der Waals surface area contributed by atoms with Gasteiger partial charge in [0.05, 0.1) is 12.2 Å². The number of ether oxygens (including phenoxy) is 1. The van der Waals surface area contributed by atoms with Crippen molar-refractivity contribution in [3.05, 3.63) is 23.9 Å².